The molecule has 0 aliphatic rings. The van der Waals surface area contributed by atoms with Crippen LogP contribution < -0.4 is 0 Å². The topological polar surface area (TPSA) is 50.9 Å². The Morgan fingerprint density at radius 2 is 2.11 bits per heavy atom. The highest BCUT2D eigenvalue weighted by Crippen LogP contribution is 1.86. The second-order valence-electron chi connectivity index (χ2n) is 2.01. The van der Waals surface area contributed by atoms with E-state index in [1.54, 1.807) is 24.1 Å². The van der Waals surface area contributed by atoms with E-state index in [1.165, 1.54) is 0 Å². The molecule has 1 atom stereocenters. The first kappa shape index (κ1) is 6.22. The molecular weight excluding hydrogens is 118 g/mol. The lowest BCUT2D eigenvalue weighted by atomic mass is 10.4. The maximum Gasteiger partial charge on any atom is 0.119 e. The monoisotopic (exact) mass is 127 g/mol. The van der Waals surface area contributed by atoms with E-state index in [0.29, 0.717) is 6.54 Å². The van der Waals surface area contributed by atoms with E-state index >= 15 is 0 Å². The Kier molecular flexibility index (Phi) is 1.79. The predicted octanol–water partition coefficient (Wildman–Crippen LogP) is -0.341. The van der Waals surface area contributed by atoms with Gasteiger partial charge in [-0.15, -0.1) is 10.2 Å². The van der Waals surface area contributed by atoms with Gasteiger partial charge >= 0.3 is 0 Å². The molecule has 0 aromatic carbocycles. The predicted molar refractivity (Wildman–Crippen MR) is 31.7 cm³/mol. The summed E-state index contributed by atoms with van der Waals surface area (Å²) >= 11 is 0. The van der Waals surface area contributed by atoms with Crippen molar-refractivity contribution >= 4 is 0 Å². The van der Waals surface area contributed by atoms with Gasteiger partial charge in [0.2, 0.25) is 0 Å². The fourth-order valence-electron chi connectivity index (χ4n) is 0.621. The Labute approximate surface area is 53.1 Å². The number of aliphatic hydroxyl groups is 1. The molecule has 1 aromatic heterocycles. The molecule has 0 aliphatic heterocycles. The van der Waals surface area contributed by atoms with E-state index in [2.05, 4.69) is 10.2 Å². The summed E-state index contributed by atoms with van der Waals surface area (Å²) in [5.41, 5.74) is 0. The summed E-state index contributed by atoms with van der Waals surface area (Å²) in [5, 5.41) is 16.0. The van der Waals surface area contributed by atoms with E-state index in [4.69, 9.17) is 5.11 Å². The van der Waals surface area contributed by atoms with Crippen molar-refractivity contribution in [3.63, 3.8) is 0 Å². The summed E-state index contributed by atoms with van der Waals surface area (Å²) < 4.78 is 1.73. The molecule has 1 rings (SSSR count). The largest absolute Gasteiger partial charge is 0.392 e. The average Bonchev–Trinajstić information content (AvgIpc) is 2.15. The van der Waals surface area contributed by atoms with Crippen molar-refractivity contribution < 1.29 is 5.11 Å². The van der Waals surface area contributed by atoms with E-state index in [0.717, 1.165) is 0 Å². The van der Waals surface area contributed by atoms with Gasteiger partial charge in [0, 0.05) is 0 Å². The molecule has 1 N–H and O–H groups in total. The zero-order chi connectivity index (χ0) is 6.69. The van der Waals surface area contributed by atoms with Gasteiger partial charge in [-0.1, -0.05) is 0 Å². The van der Waals surface area contributed by atoms with Crippen LogP contribution in [-0.2, 0) is 6.54 Å². The van der Waals surface area contributed by atoms with Crippen LogP contribution >= 0.6 is 0 Å². The molecule has 0 saturated heterocycles. The average molecular weight is 127 g/mol. The van der Waals surface area contributed by atoms with Crippen LogP contribution in [0.1, 0.15) is 6.92 Å². The lowest BCUT2D eigenvalue weighted by Gasteiger charge is -2.01. The summed E-state index contributed by atoms with van der Waals surface area (Å²) in [6.07, 6.45) is 2.82. The lowest BCUT2D eigenvalue weighted by molar-refractivity contribution is 0.173. The third kappa shape index (κ3) is 1.81. The number of rotatable bonds is 2. The molecule has 4 nitrogen and oxygen atoms in total. The Bertz CT molecular complexity index is 159. The zero-order valence-electron chi connectivity index (χ0n) is 5.23. The van der Waals surface area contributed by atoms with Gasteiger partial charge in [-0.3, -0.25) is 0 Å². The third-order valence-corrected chi connectivity index (χ3v) is 0.942. The molecule has 0 bridgehead atoms. The molecule has 0 spiro atoms. The molecule has 9 heavy (non-hydrogen) atoms. The minimum absolute atomic E-state index is 0.332. The standard InChI is InChI=1S/C5H9N3O/c1-5(9)2-8-3-6-7-4-8/h3-5,9H,2H2,1H3. The van der Waals surface area contributed by atoms with Crippen molar-refractivity contribution in [1.29, 1.82) is 0 Å². The van der Waals surface area contributed by atoms with Crippen molar-refractivity contribution in [2.75, 3.05) is 0 Å². The zero-order valence-corrected chi connectivity index (χ0v) is 5.23. The second kappa shape index (κ2) is 2.59. The van der Waals surface area contributed by atoms with Crippen molar-refractivity contribution in [3.05, 3.63) is 12.7 Å². The van der Waals surface area contributed by atoms with Crippen molar-refractivity contribution in [2.24, 2.45) is 0 Å². The highest BCUT2D eigenvalue weighted by atomic mass is 16.3. The first-order valence-electron chi connectivity index (χ1n) is 2.79. The van der Waals surface area contributed by atoms with Crippen LogP contribution in [-0.4, -0.2) is 26.0 Å². The van der Waals surface area contributed by atoms with Crippen LogP contribution in [0.5, 0.6) is 0 Å². The highest BCUT2D eigenvalue weighted by Gasteiger charge is 1.94. The van der Waals surface area contributed by atoms with Gasteiger partial charge in [0.1, 0.15) is 12.7 Å². The molecule has 1 heterocycles. The number of hydrogen-bond acceptors (Lipinski definition) is 3. The molecule has 1 unspecified atom stereocenters. The van der Waals surface area contributed by atoms with E-state index < -0.39 is 0 Å². The van der Waals surface area contributed by atoms with Gasteiger partial charge in [0.25, 0.3) is 0 Å². The van der Waals surface area contributed by atoms with Crippen molar-refractivity contribution in [2.45, 2.75) is 19.6 Å². The van der Waals surface area contributed by atoms with Gasteiger partial charge < -0.3 is 9.67 Å². The first-order chi connectivity index (χ1) is 4.29. The normalized spacial score (nSPS) is 13.6. The fraction of sp³-hybridized carbons (Fsp3) is 0.600. The Morgan fingerprint density at radius 3 is 2.56 bits per heavy atom. The van der Waals surface area contributed by atoms with E-state index in [9.17, 15) is 0 Å². The maximum absolute atomic E-state index is 8.85. The smallest absolute Gasteiger partial charge is 0.119 e. The molecule has 4 heteroatoms. The van der Waals surface area contributed by atoms with Gasteiger partial charge in [-0.2, -0.15) is 0 Å². The Hall–Kier alpha value is -0.900. The minimum Gasteiger partial charge on any atom is -0.392 e. The van der Waals surface area contributed by atoms with Gasteiger partial charge in [0.05, 0.1) is 12.6 Å². The number of aromatic nitrogens is 3. The molecule has 0 aliphatic carbocycles. The van der Waals surface area contributed by atoms with Gasteiger partial charge in [0.15, 0.2) is 0 Å². The van der Waals surface area contributed by atoms with Crippen LogP contribution in [0, 0.1) is 0 Å². The first-order valence-corrected chi connectivity index (χ1v) is 2.79. The molecule has 0 saturated carbocycles. The van der Waals surface area contributed by atoms with Crippen LogP contribution in [0.25, 0.3) is 0 Å². The molecular formula is C5H9N3O. The SMILES string of the molecule is CC(O)Cn1cnnc1. The van der Waals surface area contributed by atoms with Crippen LogP contribution in [0.15, 0.2) is 12.7 Å². The lowest BCUT2D eigenvalue weighted by Crippen LogP contribution is -2.09. The van der Waals surface area contributed by atoms with E-state index in [1.807, 2.05) is 0 Å². The van der Waals surface area contributed by atoms with Crippen molar-refractivity contribution in [1.82, 2.24) is 14.8 Å². The summed E-state index contributed by atoms with van der Waals surface area (Å²) in [6, 6.07) is 0. The molecule has 0 amide bonds. The quantitative estimate of drug-likeness (QED) is 0.591. The van der Waals surface area contributed by atoms with Gasteiger partial charge in [-0.05, 0) is 6.92 Å². The van der Waals surface area contributed by atoms with Crippen molar-refractivity contribution in [3.8, 4) is 0 Å². The summed E-state index contributed by atoms with van der Waals surface area (Å²) in [4.78, 5) is 0. The highest BCUT2D eigenvalue weighted by molar-refractivity contribution is 4.61. The number of aliphatic hydroxyl groups excluding tert-OH is 1. The van der Waals surface area contributed by atoms with Gasteiger partial charge in [-0.25, -0.2) is 0 Å². The van der Waals surface area contributed by atoms with Crippen LogP contribution in [0.3, 0.4) is 0 Å². The number of hydrogen-bond donors (Lipinski definition) is 1. The van der Waals surface area contributed by atoms with E-state index in [-0.39, 0.29) is 6.10 Å². The van der Waals surface area contributed by atoms with Crippen LogP contribution in [0.4, 0.5) is 0 Å². The minimum atomic E-state index is -0.332. The van der Waals surface area contributed by atoms with Crippen LogP contribution in [0.2, 0.25) is 0 Å². The molecule has 0 fully saturated rings. The molecule has 1 aromatic rings. The molecule has 50 valence electrons. The Morgan fingerprint density at radius 1 is 1.56 bits per heavy atom. The summed E-state index contributed by atoms with van der Waals surface area (Å²) in [6.45, 7) is 2.28. The molecule has 0 radical (unpaired) electrons. The summed E-state index contributed by atoms with van der Waals surface area (Å²) in [5.74, 6) is 0. The second-order valence-corrected chi connectivity index (χ2v) is 2.01. The number of nitrogens with zero attached hydrogens (tertiary/aromatic N) is 3. The fourth-order valence-corrected chi connectivity index (χ4v) is 0.621. The maximum atomic E-state index is 8.85. The third-order valence-electron chi connectivity index (χ3n) is 0.942. The summed E-state index contributed by atoms with van der Waals surface area (Å²) in [7, 11) is 0. The Balaban J connectivity index is 2.48.